The van der Waals surface area contributed by atoms with Crippen LogP contribution in [0.25, 0.3) is 0 Å². The number of carbonyl (C=O) groups is 2. The normalized spacial score (nSPS) is 10.0. The molecule has 0 rings (SSSR count). The van der Waals surface area contributed by atoms with E-state index in [1.54, 1.807) is 23.5 Å². The van der Waals surface area contributed by atoms with E-state index in [0.29, 0.717) is 24.3 Å². The smallest absolute Gasteiger partial charge is 0.142 e. The zero-order valence-corrected chi connectivity index (χ0v) is 9.80. The molecule has 0 aliphatic carbocycles. The monoisotopic (exact) mass is 220 g/mol. The molecule has 0 atom stereocenters. The number of rotatable bonds is 8. The molecule has 0 saturated heterocycles. The minimum absolute atomic E-state index is 0.285. The second-order valence-corrected chi connectivity index (χ2v) is 4.94. The van der Waals surface area contributed by atoms with Crippen LogP contribution in [-0.2, 0) is 9.59 Å². The molecule has 0 spiro atoms. The number of carbonyl (C=O) groups excluding carboxylic acids is 2. The van der Waals surface area contributed by atoms with E-state index >= 15 is 0 Å². The molecule has 13 heavy (non-hydrogen) atoms. The van der Waals surface area contributed by atoms with E-state index in [1.165, 1.54) is 0 Å². The van der Waals surface area contributed by atoms with Crippen LogP contribution in [0.3, 0.4) is 0 Å². The first-order chi connectivity index (χ1) is 6.20. The van der Waals surface area contributed by atoms with Crippen molar-refractivity contribution in [1.82, 2.24) is 0 Å². The number of ketones is 2. The van der Waals surface area contributed by atoms with E-state index in [9.17, 15) is 9.59 Å². The van der Waals surface area contributed by atoms with E-state index in [1.807, 2.05) is 13.8 Å². The Bertz CT molecular complexity index is 151. The van der Waals surface area contributed by atoms with Crippen molar-refractivity contribution in [2.45, 2.75) is 26.7 Å². The molecule has 0 aromatic rings. The van der Waals surface area contributed by atoms with Gasteiger partial charge in [-0.2, -0.15) is 0 Å². The van der Waals surface area contributed by atoms with Crippen LogP contribution in [0.15, 0.2) is 0 Å². The highest BCUT2D eigenvalue weighted by Crippen LogP contribution is 2.12. The quantitative estimate of drug-likeness (QED) is 0.464. The molecule has 4 heteroatoms. The predicted molar refractivity (Wildman–Crippen MR) is 60.4 cm³/mol. The van der Waals surface area contributed by atoms with Gasteiger partial charge < -0.3 is 0 Å². The van der Waals surface area contributed by atoms with Crippen LogP contribution in [0.2, 0.25) is 0 Å². The van der Waals surface area contributed by atoms with Gasteiger partial charge in [-0.1, -0.05) is 13.8 Å². The molecule has 0 aliphatic heterocycles. The van der Waals surface area contributed by atoms with E-state index in [0.717, 1.165) is 5.08 Å². The molecule has 0 bridgehead atoms. The van der Waals surface area contributed by atoms with Crippen LogP contribution in [0.5, 0.6) is 0 Å². The largest absolute Gasteiger partial charge is 0.299 e. The third kappa shape index (κ3) is 8.37. The molecule has 0 N–H and O–H groups in total. The van der Waals surface area contributed by atoms with Crippen molar-refractivity contribution in [3.05, 3.63) is 0 Å². The SMILES string of the molecule is CCC(=O)CSCSCC(=O)CC. The zero-order chi connectivity index (χ0) is 10.1. The molecule has 2 nitrogen and oxygen atoms in total. The summed E-state index contributed by atoms with van der Waals surface area (Å²) in [6, 6.07) is 0. The number of thioether (sulfide) groups is 2. The highest BCUT2D eigenvalue weighted by atomic mass is 32.2. The summed E-state index contributed by atoms with van der Waals surface area (Å²) in [4.78, 5) is 21.7. The molecule has 0 fully saturated rings. The fourth-order valence-electron chi connectivity index (χ4n) is 0.574. The van der Waals surface area contributed by atoms with Crippen LogP contribution in [0.1, 0.15) is 26.7 Å². The Morgan fingerprint density at radius 2 is 1.31 bits per heavy atom. The van der Waals surface area contributed by atoms with Crippen molar-refractivity contribution < 1.29 is 9.59 Å². The molecule has 0 heterocycles. The summed E-state index contributed by atoms with van der Waals surface area (Å²) in [6.07, 6.45) is 1.23. The van der Waals surface area contributed by atoms with Crippen molar-refractivity contribution in [2.24, 2.45) is 0 Å². The fraction of sp³-hybridized carbons (Fsp3) is 0.778. The van der Waals surface area contributed by atoms with Gasteiger partial charge in [-0.05, 0) is 0 Å². The van der Waals surface area contributed by atoms with Crippen LogP contribution in [-0.4, -0.2) is 28.2 Å². The van der Waals surface area contributed by atoms with Crippen molar-refractivity contribution in [3.8, 4) is 0 Å². The Hall–Kier alpha value is 0.0400. The third-order valence-corrected chi connectivity index (χ3v) is 3.87. The van der Waals surface area contributed by atoms with Crippen molar-refractivity contribution >= 4 is 35.1 Å². The van der Waals surface area contributed by atoms with Gasteiger partial charge in [-0.15, -0.1) is 23.5 Å². The van der Waals surface area contributed by atoms with Crippen LogP contribution in [0.4, 0.5) is 0 Å². The highest BCUT2D eigenvalue weighted by molar-refractivity contribution is 8.16. The van der Waals surface area contributed by atoms with Crippen LogP contribution >= 0.6 is 23.5 Å². The van der Waals surface area contributed by atoms with E-state index in [-0.39, 0.29) is 11.6 Å². The van der Waals surface area contributed by atoms with Gasteiger partial charge in [0, 0.05) is 17.9 Å². The van der Waals surface area contributed by atoms with Gasteiger partial charge in [-0.25, -0.2) is 0 Å². The first kappa shape index (κ1) is 13.0. The average molecular weight is 220 g/mol. The lowest BCUT2D eigenvalue weighted by atomic mass is 10.4. The summed E-state index contributed by atoms with van der Waals surface area (Å²) in [7, 11) is 0. The molecule has 0 radical (unpaired) electrons. The van der Waals surface area contributed by atoms with Gasteiger partial charge in [0.15, 0.2) is 0 Å². The van der Waals surface area contributed by atoms with Gasteiger partial charge in [-0.3, -0.25) is 9.59 Å². The van der Waals surface area contributed by atoms with Gasteiger partial charge in [0.25, 0.3) is 0 Å². The lowest BCUT2D eigenvalue weighted by molar-refractivity contribution is -0.117. The maximum atomic E-state index is 10.9. The van der Waals surface area contributed by atoms with Gasteiger partial charge in [0.1, 0.15) is 11.6 Å². The minimum atomic E-state index is 0.285. The van der Waals surface area contributed by atoms with Crippen molar-refractivity contribution in [2.75, 3.05) is 16.6 Å². The highest BCUT2D eigenvalue weighted by Gasteiger charge is 2.00. The zero-order valence-electron chi connectivity index (χ0n) is 8.17. The molecule has 76 valence electrons. The van der Waals surface area contributed by atoms with Crippen molar-refractivity contribution in [1.29, 1.82) is 0 Å². The summed E-state index contributed by atoms with van der Waals surface area (Å²) in [5.74, 6) is 1.74. The number of hydrogen-bond donors (Lipinski definition) is 0. The van der Waals surface area contributed by atoms with E-state index < -0.39 is 0 Å². The first-order valence-corrected chi connectivity index (χ1v) is 6.70. The van der Waals surface area contributed by atoms with Gasteiger partial charge in [0.05, 0.1) is 11.5 Å². The first-order valence-electron chi connectivity index (χ1n) is 4.39. The molecule has 0 aromatic heterocycles. The second kappa shape index (κ2) is 8.63. The summed E-state index contributed by atoms with van der Waals surface area (Å²) in [5, 5.41) is 0.845. The topological polar surface area (TPSA) is 34.1 Å². The lowest BCUT2D eigenvalue weighted by Crippen LogP contribution is -2.01. The van der Waals surface area contributed by atoms with E-state index in [4.69, 9.17) is 0 Å². The molecule has 0 aromatic carbocycles. The Morgan fingerprint density at radius 1 is 0.923 bits per heavy atom. The van der Waals surface area contributed by atoms with Crippen LogP contribution in [0, 0.1) is 0 Å². The Balaban J connectivity index is 3.17. The number of Topliss-reactive ketones (excluding diaryl/α,β-unsaturated/α-hetero) is 2. The van der Waals surface area contributed by atoms with Gasteiger partial charge >= 0.3 is 0 Å². The predicted octanol–water partition coefficient (Wildman–Crippen LogP) is 2.37. The van der Waals surface area contributed by atoms with Gasteiger partial charge in [0.2, 0.25) is 0 Å². The Kier molecular flexibility index (Phi) is 8.66. The maximum Gasteiger partial charge on any atom is 0.142 e. The summed E-state index contributed by atoms with van der Waals surface area (Å²) < 4.78 is 0. The molecular formula is C9H16O2S2. The Labute approximate surface area is 88.2 Å². The Morgan fingerprint density at radius 3 is 1.62 bits per heavy atom. The maximum absolute atomic E-state index is 10.9. The molecule has 0 aliphatic rings. The molecule has 0 amide bonds. The lowest BCUT2D eigenvalue weighted by Gasteiger charge is -1.98. The minimum Gasteiger partial charge on any atom is -0.299 e. The summed E-state index contributed by atoms with van der Waals surface area (Å²) in [5.41, 5.74) is 0. The third-order valence-electron chi connectivity index (χ3n) is 1.48. The molecule has 0 saturated carbocycles. The summed E-state index contributed by atoms with van der Waals surface area (Å²) >= 11 is 3.20. The van der Waals surface area contributed by atoms with Crippen LogP contribution < -0.4 is 0 Å². The molecule has 0 unspecified atom stereocenters. The van der Waals surface area contributed by atoms with E-state index in [2.05, 4.69) is 0 Å². The van der Waals surface area contributed by atoms with Crippen molar-refractivity contribution in [3.63, 3.8) is 0 Å². The average Bonchev–Trinajstić information content (AvgIpc) is 2.16. The fourth-order valence-corrected chi connectivity index (χ4v) is 2.58. The standard InChI is InChI=1S/C9H16O2S2/c1-3-8(10)5-12-7-13-6-9(11)4-2/h3-7H2,1-2H3. The number of hydrogen-bond acceptors (Lipinski definition) is 4. The second-order valence-electron chi connectivity index (χ2n) is 2.60. The molecular weight excluding hydrogens is 204 g/mol. The summed E-state index contributed by atoms with van der Waals surface area (Å²) in [6.45, 7) is 3.74.